The number of likely N-dealkylation sites (N-methyl/N-ethyl adjacent to an activating group) is 1. The van der Waals surface area contributed by atoms with Crippen LogP contribution in [-0.4, -0.2) is 19.8 Å². The van der Waals surface area contributed by atoms with Crippen molar-refractivity contribution in [3.63, 3.8) is 0 Å². The molecule has 1 aliphatic carbocycles. The zero-order valence-electron chi connectivity index (χ0n) is 11.1. The van der Waals surface area contributed by atoms with Gasteiger partial charge in [0.25, 0.3) is 0 Å². The highest BCUT2D eigenvalue weighted by atomic mass is 16.5. The third kappa shape index (κ3) is 3.08. The lowest BCUT2D eigenvalue weighted by Crippen LogP contribution is -2.29. The van der Waals surface area contributed by atoms with Gasteiger partial charge in [0.1, 0.15) is 0 Å². The Labute approximate surface area is 104 Å². The SMILES string of the molecule is CNC(COC1CCC1)c1cc(C)ccc1C. The molecule has 1 N–H and O–H groups in total. The van der Waals surface area contributed by atoms with E-state index in [9.17, 15) is 0 Å². The van der Waals surface area contributed by atoms with Gasteiger partial charge in [-0.25, -0.2) is 0 Å². The molecule has 0 radical (unpaired) electrons. The monoisotopic (exact) mass is 233 g/mol. The molecule has 0 amide bonds. The molecule has 2 nitrogen and oxygen atoms in total. The topological polar surface area (TPSA) is 21.3 Å². The number of ether oxygens (including phenoxy) is 1. The van der Waals surface area contributed by atoms with Crippen LogP contribution < -0.4 is 5.32 Å². The van der Waals surface area contributed by atoms with Gasteiger partial charge >= 0.3 is 0 Å². The highest BCUT2D eigenvalue weighted by molar-refractivity contribution is 5.33. The maximum atomic E-state index is 5.92. The quantitative estimate of drug-likeness (QED) is 0.843. The number of rotatable bonds is 5. The van der Waals surface area contributed by atoms with Crippen molar-refractivity contribution in [2.75, 3.05) is 13.7 Å². The summed E-state index contributed by atoms with van der Waals surface area (Å²) in [5.41, 5.74) is 4.02. The van der Waals surface area contributed by atoms with E-state index in [4.69, 9.17) is 4.74 Å². The molecule has 0 bridgehead atoms. The summed E-state index contributed by atoms with van der Waals surface area (Å²) in [5.74, 6) is 0. The molecule has 1 atom stereocenters. The van der Waals surface area contributed by atoms with Crippen LogP contribution in [0, 0.1) is 13.8 Å². The summed E-state index contributed by atoms with van der Waals surface area (Å²) in [6.07, 6.45) is 4.32. The predicted octanol–water partition coefficient (Wildman–Crippen LogP) is 3.13. The summed E-state index contributed by atoms with van der Waals surface area (Å²) in [4.78, 5) is 0. The summed E-state index contributed by atoms with van der Waals surface area (Å²) < 4.78 is 5.92. The fraction of sp³-hybridized carbons (Fsp3) is 0.600. The molecule has 94 valence electrons. The van der Waals surface area contributed by atoms with Gasteiger partial charge in [0.05, 0.1) is 18.8 Å². The first-order valence-electron chi connectivity index (χ1n) is 6.56. The van der Waals surface area contributed by atoms with E-state index >= 15 is 0 Å². The van der Waals surface area contributed by atoms with Crippen molar-refractivity contribution in [1.82, 2.24) is 5.32 Å². The van der Waals surface area contributed by atoms with E-state index in [1.165, 1.54) is 36.0 Å². The third-order valence-electron chi connectivity index (χ3n) is 3.71. The molecule has 17 heavy (non-hydrogen) atoms. The van der Waals surface area contributed by atoms with Gasteiger partial charge in [-0.05, 0) is 51.3 Å². The Bertz CT molecular complexity index is 371. The summed E-state index contributed by atoms with van der Waals surface area (Å²) in [5, 5.41) is 3.36. The highest BCUT2D eigenvalue weighted by Gasteiger charge is 2.20. The fourth-order valence-corrected chi connectivity index (χ4v) is 2.23. The predicted molar refractivity (Wildman–Crippen MR) is 71.3 cm³/mol. The van der Waals surface area contributed by atoms with E-state index in [0.29, 0.717) is 12.1 Å². The van der Waals surface area contributed by atoms with Crippen LogP contribution in [0.3, 0.4) is 0 Å². The third-order valence-corrected chi connectivity index (χ3v) is 3.71. The van der Waals surface area contributed by atoms with Crippen molar-refractivity contribution in [2.45, 2.75) is 45.3 Å². The Morgan fingerprint density at radius 1 is 1.35 bits per heavy atom. The number of benzene rings is 1. The molecule has 1 fully saturated rings. The summed E-state index contributed by atoms with van der Waals surface area (Å²) >= 11 is 0. The van der Waals surface area contributed by atoms with Crippen LogP contribution in [0.15, 0.2) is 18.2 Å². The summed E-state index contributed by atoms with van der Waals surface area (Å²) in [6.45, 7) is 5.09. The lowest BCUT2D eigenvalue weighted by atomic mass is 9.95. The smallest absolute Gasteiger partial charge is 0.0665 e. The molecule has 0 aromatic heterocycles. The van der Waals surface area contributed by atoms with Crippen LogP contribution in [0.2, 0.25) is 0 Å². The number of hydrogen-bond donors (Lipinski definition) is 1. The van der Waals surface area contributed by atoms with Crippen molar-refractivity contribution in [2.24, 2.45) is 0 Å². The Morgan fingerprint density at radius 3 is 2.71 bits per heavy atom. The lowest BCUT2D eigenvalue weighted by molar-refractivity contribution is -0.00801. The average Bonchev–Trinajstić information content (AvgIpc) is 2.26. The second-order valence-electron chi connectivity index (χ2n) is 5.09. The second kappa shape index (κ2) is 5.65. The first-order chi connectivity index (χ1) is 8.20. The van der Waals surface area contributed by atoms with Gasteiger partial charge in [0, 0.05) is 0 Å². The van der Waals surface area contributed by atoms with E-state index in [1.54, 1.807) is 0 Å². The second-order valence-corrected chi connectivity index (χ2v) is 5.09. The Balaban J connectivity index is 2.02. The first kappa shape index (κ1) is 12.6. The van der Waals surface area contributed by atoms with Gasteiger partial charge in [-0.15, -0.1) is 0 Å². The molecule has 1 aromatic rings. The molecule has 1 unspecified atom stereocenters. The van der Waals surface area contributed by atoms with E-state index in [-0.39, 0.29) is 0 Å². The van der Waals surface area contributed by atoms with Crippen molar-refractivity contribution >= 4 is 0 Å². The van der Waals surface area contributed by atoms with Gasteiger partial charge in [-0.1, -0.05) is 23.8 Å². The number of hydrogen-bond acceptors (Lipinski definition) is 2. The van der Waals surface area contributed by atoms with Crippen LogP contribution in [0.1, 0.15) is 42.0 Å². The van der Waals surface area contributed by atoms with Crippen molar-refractivity contribution in [3.8, 4) is 0 Å². The molecule has 0 aliphatic heterocycles. The zero-order valence-corrected chi connectivity index (χ0v) is 11.1. The van der Waals surface area contributed by atoms with E-state index in [1.807, 2.05) is 7.05 Å². The van der Waals surface area contributed by atoms with Crippen LogP contribution >= 0.6 is 0 Å². The Morgan fingerprint density at radius 2 is 2.12 bits per heavy atom. The maximum Gasteiger partial charge on any atom is 0.0665 e. The number of aryl methyl sites for hydroxylation is 2. The summed E-state index contributed by atoms with van der Waals surface area (Å²) in [7, 11) is 2.01. The maximum absolute atomic E-state index is 5.92. The molecular formula is C15H23NO. The average molecular weight is 233 g/mol. The molecule has 1 aliphatic rings. The van der Waals surface area contributed by atoms with E-state index < -0.39 is 0 Å². The molecular weight excluding hydrogens is 210 g/mol. The summed E-state index contributed by atoms with van der Waals surface area (Å²) in [6, 6.07) is 6.94. The van der Waals surface area contributed by atoms with Gasteiger partial charge in [-0.3, -0.25) is 0 Å². The first-order valence-corrected chi connectivity index (χ1v) is 6.56. The fourth-order valence-electron chi connectivity index (χ4n) is 2.23. The van der Waals surface area contributed by atoms with Gasteiger partial charge in [0.15, 0.2) is 0 Å². The molecule has 0 spiro atoms. The van der Waals surface area contributed by atoms with Crippen molar-refractivity contribution in [3.05, 3.63) is 34.9 Å². The largest absolute Gasteiger partial charge is 0.376 e. The minimum atomic E-state index is 0.315. The van der Waals surface area contributed by atoms with Gasteiger partial charge in [-0.2, -0.15) is 0 Å². The number of nitrogens with one attached hydrogen (secondary N) is 1. The van der Waals surface area contributed by atoms with E-state index in [2.05, 4.69) is 37.4 Å². The molecule has 2 heteroatoms. The molecule has 0 saturated heterocycles. The molecule has 2 rings (SSSR count). The molecule has 1 saturated carbocycles. The Kier molecular flexibility index (Phi) is 4.19. The van der Waals surface area contributed by atoms with Crippen LogP contribution in [0.4, 0.5) is 0 Å². The zero-order chi connectivity index (χ0) is 12.3. The van der Waals surface area contributed by atoms with Crippen LogP contribution in [0.25, 0.3) is 0 Å². The Hall–Kier alpha value is -0.860. The lowest BCUT2D eigenvalue weighted by Gasteiger charge is -2.28. The normalized spacial score (nSPS) is 17.8. The molecule has 0 heterocycles. The minimum Gasteiger partial charge on any atom is -0.376 e. The molecule has 1 aromatic carbocycles. The minimum absolute atomic E-state index is 0.315. The van der Waals surface area contributed by atoms with E-state index in [0.717, 1.165) is 6.61 Å². The highest BCUT2D eigenvalue weighted by Crippen LogP contribution is 2.25. The van der Waals surface area contributed by atoms with Gasteiger partial charge < -0.3 is 10.1 Å². The standard InChI is InChI=1S/C15H23NO/c1-11-7-8-12(2)14(9-11)15(16-3)10-17-13-5-4-6-13/h7-9,13,15-16H,4-6,10H2,1-3H3. The van der Waals surface area contributed by atoms with Crippen LogP contribution in [0.5, 0.6) is 0 Å². The van der Waals surface area contributed by atoms with Crippen LogP contribution in [-0.2, 0) is 4.74 Å². The van der Waals surface area contributed by atoms with Crippen molar-refractivity contribution < 1.29 is 4.74 Å². The van der Waals surface area contributed by atoms with Crippen molar-refractivity contribution in [1.29, 1.82) is 0 Å². The van der Waals surface area contributed by atoms with Gasteiger partial charge in [0.2, 0.25) is 0 Å².